The summed E-state index contributed by atoms with van der Waals surface area (Å²) in [5.41, 5.74) is 5.09. The van der Waals surface area contributed by atoms with Crippen molar-refractivity contribution >= 4 is 34.7 Å². The number of hydrogen-bond donors (Lipinski definition) is 1. The van der Waals surface area contributed by atoms with Crippen molar-refractivity contribution in [3.8, 4) is 0 Å². The molecule has 0 aromatic heterocycles. The van der Waals surface area contributed by atoms with Gasteiger partial charge in [0.05, 0.1) is 17.4 Å². The van der Waals surface area contributed by atoms with Crippen molar-refractivity contribution < 1.29 is 0 Å². The first kappa shape index (κ1) is 14.6. The molecule has 1 aliphatic heterocycles. The summed E-state index contributed by atoms with van der Waals surface area (Å²) in [6, 6.07) is 15.0. The average Bonchev–Trinajstić information content (AvgIpc) is 2.47. The van der Waals surface area contributed by atoms with Gasteiger partial charge in [0.2, 0.25) is 0 Å². The van der Waals surface area contributed by atoms with E-state index in [1.165, 1.54) is 11.1 Å². The van der Waals surface area contributed by atoms with Gasteiger partial charge in [-0.15, -0.1) is 0 Å². The molecule has 4 heteroatoms. The summed E-state index contributed by atoms with van der Waals surface area (Å²) in [5.74, 6) is 2.18. The molecule has 1 heterocycles. The zero-order chi connectivity index (χ0) is 14.8. The lowest BCUT2D eigenvalue weighted by Crippen LogP contribution is -2.20. The van der Waals surface area contributed by atoms with Crippen LogP contribution in [-0.4, -0.2) is 19.8 Å². The summed E-state index contributed by atoms with van der Waals surface area (Å²) < 4.78 is 0. The van der Waals surface area contributed by atoms with E-state index in [1.54, 1.807) is 0 Å². The summed E-state index contributed by atoms with van der Waals surface area (Å²) in [6.07, 6.45) is 0. The van der Waals surface area contributed by atoms with Crippen molar-refractivity contribution in [3.63, 3.8) is 0 Å². The largest absolute Gasteiger partial charge is 0.376 e. The van der Waals surface area contributed by atoms with Gasteiger partial charge in [-0.3, -0.25) is 0 Å². The van der Waals surface area contributed by atoms with Gasteiger partial charge >= 0.3 is 0 Å². The highest BCUT2D eigenvalue weighted by molar-refractivity contribution is 7.98. The average molecular weight is 319 g/mol. The molecule has 1 aliphatic rings. The molecule has 110 valence electrons. The van der Waals surface area contributed by atoms with Crippen molar-refractivity contribution in [2.75, 3.05) is 30.1 Å². The van der Waals surface area contributed by atoms with Gasteiger partial charge in [-0.25, -0.2) is 0 Å². The fourth-order valence-corrected chi connectivity index (χ4v) is 3.97. The van der Waals surface area contributed by atoms with Crippen LogP contribution in [0.1, 0.15) is 17.2 Å². The van der Waals surface area contributed by atoms with E-state index < -0.39 is 0 Å². The lowest BCUT2D eigenvalue weighted by atomic mass is 10.0. The Labute approximate surface area is 135 Å². The van der Waals surface area contributed by atoms with Crippen molar-refractivity contribution in [2.24, 2.45) is 0 Å². The predicted molar refractivity (Wildman–Crippen MR) is 94.7 cm³/mol. The number of benzene rings is 2. The number of hydrogen-bond acceptors (Lipinski definition) is 3. The van der Waals surface area contributed by atoms with Crippen LogP contribution in [0.3, 0.4) is 0 Å². The van der Waals surface area contributed by atoms with E-state index in [1.807, 2.05) is 23.9 Å². The standard InChI is InChI=1S/C17H19ClN2S/c1-20(2)17-8-7-13(18)9-15(17)19-16-11-21-10-12-5-3-4-6-14(12)16/h3-9,16,19H,10-11H2,1-2H3. The Balaban J connectivity index is 1.93. The summed E-state index contributed by atoms with van der Waals surface area (Å²) in [6.45, 7) is 0. The van der Waals surface area contributed by atoms with Crippen LogP contribution in [0.15, 0.2) is 42.5 Å². The quantitative estimate of drug-likeness (QED) is 0.874. The molecule has 21 heavy (non-hydrogen) atoms. The fourth-order valence-electron chi connectivity index (χ4n) is 2.70. The molecule has 3 rings (SSSR count). The molecule has 0 aliphatic carbocycles. The molecule has 1 N–H and O–H groups in total. The fraction of sp³-hybridized carbons (Fsp3) is 0.294. The predicted octanol–water partition coefficient (Wildman–Crippen LogP) is 4.81. The van der Waals surface area contributed by atoms with Crippen LogP contribution >= 0.6 is 23.4 Å². The Kier molecular flexibility index (Phi) is 4.32. The highest BCUT2D eigenvalue weighted by atomic mass is 35.5. The normalized spacial score (nSPS) is 17.2. The van der Waals surface area contributed by atoms with Crippen molar-refractivity contribution in [1.82, 2.24) is 0 Å². The van der Waals surface area contributed by atoms with E-state index in [-0.39, 0.29) is 0 Å². The lowest BCUT2D eigenvalue weighted by molar-refractivity contribution is 0.869. The third-order valence-corrected chi connectivity index (χ3v) is 5.06. The molecule has 0 radical (unpaired) electrons. The molecule has 0 saturated heterocycles. The van der Waals surface area contributed by atoms with Crippen LogP contribution < -0.4 is 10.2 Å². The number of halogens is 1. The monoisotopic (exact) mass is 318 g/mol. The lowest BCUT2D eigenvalue weighted by Gasteiger charge is -2.29. The van der Waals surface area contributed by atoms with E-state index in [4.69, 9.17) is 11.6 Å². The molecule has 2 nitrogen and oxygen atoms in total. The number of fused-ring (bicyclic) bond motifs is 1. The van der Waals surface area contributed by atoms with Gasteiger partial charge in [0.15, 0.2) is 0 Å². The molecule has 0 saturated carbocycles. The van der Waals surface area contributed by atoms with Gasteiger partial charge in [-0.1, -0.05) is 35.9 Å². The SMILES string of the molecule is CN(C)c1ccc(Cl)cc1NC1CSCc2ccccc21. The third kappa shape index (κ3) is 3.14. The second-order valence-corrected chi connectivity index (χ2v) is 6.93. The van der Waals surface area contributed by atoms with Gasteiger partial charge in [-0.05, 0) is 29.3 Å². The van der Waals surface area contributed by atoms with Crippen LogP contribution in [-0.2, 0) is 5.75 Å². The Morgan fingerprint density at radius 1 is 1.19 bits per heavy atom. The van der Waals surface area contributed by atoms with Crippen molar-refractivity contribution in [1.29, 1.82) is 0 Å². The smallest absolute Gasteiger partial charge is 0.0608 e. The highest BCUT2D eigenvalue weighted by Crippen LogP contribution is 2.36. The molecular formula is C17H19ClN2S. The number of thioether (sulfide) groups is 1. The third-order valence-electron chi connectivity index (χ3n) is 3.74. The number of nitrogens with zero attached hydrogens (tertiary/aromatic N) is 1. The van der Waals surface area contributed by atoms with Gasteiger partial charge in [0.25, 0.3) is 0 Å². The molecule has 2 aromatic carbocycles. The molecule has 0 spiro atoms. The molecule has 0 bridgehead atoms. The van der Waals surface area contributed by atoms with E-state index in [0.29, 0.717) is 6.04 Å². The Hall–Kier alpha value is -1.32. The molecular weight excluding hydrogens is 300 g/mol. The molecule has 1 atom stereocenters. The van der Waals surface area contributed by atoms with Crippen molar-refractivity contribution in [2.45, 2.75) is 11.8 Å². The van der Waals surface area contributed by atoms with Crippen LogP contribution in [0, 0.1) is 0 Å². The summed E-state index contributed by atoms with van der Waals surface area (Å²) in [4.78, 5) is 2.11. The van der Waals surface area contributed by atoms with E-state index in [9.17, 15) is 0 Å². The van der Waals surface area contributed by atoms with Gasteiger partial charge in [0.1, 0.15) is 0 Å². The first-order valence-electron chi connectivity index (χ1n) is 7.04. The topological polar surface area (TPSA) is 15.3 Å². The maximum Gasteiger partial charge on any atom is 0.0608 e. The molecule has 2 aromatic rings. The Morgan fingerprint density at radius 3 is 2.81 bits per heavy atom. The van der Waals surface area contributed by atoms with Crippen LogP contribution in [0.5, 0.6) is 0 Å². The summed E-state index contributed by atoms with van der Waals surface area (Å²) >= 11 is 8.15. The first-order valence-corrected chi connectivity index (χ1v) is 8.57. The minimum atomic E-state index is 0.331. The zero-order valence-electron chi connectivity index (χ0n) is 12.3. The highest BCUT2D eigenvalue weighted by Gasteiger charge is 2.21. The molecule has 1 unspecified atom stereocenters. The summed E-state index contributed by atoms with van der Waals surface area (Å²) in [5, 5.41) is 4.44. The van der Waals surface area contributed by atoms with Gasteiger partial charge in [0, 0.05) is 30.6 Å². The Bertz CT molecular complexity index is 642. The van der Waals surface area contributed by atoms with Crippen LogP contribution in [0.2, 0.25) is 5.02 Å². The van der Waals surface area contributed by atoms with E-state index in [0.717, 1.165) is 27.9 Å². The van der Waals surface area contributed by atoms with E-state index >= 15 is 0 Å². The molecule has 0 fully saturated rings. The van der Waals surface area contributed by atoms with Crippen molar-refractivity contribution in [3.05, 3.63) is 58.6 Å². The second-order valence-electron chi connectivity index (χ2n) is 5.47. The summed E-state index contributed by atoms with van der Waals surface area (Å²) in [7, 11) is 4.11. The zero-order valence-corrected chi connectivity index (χ0v) is 13.8. The van der Waals surface area contributed by atoms with Gasteiger partial charge < -0.3 is 10.2 Å². The Morgan fingerprint density at radius 2 is 2.00 bits per heavy atom. The number of rotatable bonds is 3. The maximum atomic E-state index is 6.18. The van der Waals surface area contributed by atoms with Gasteiger partial charge in [-0.2, -0.15) is 11.8 Å². The van der Waals surface area contributed by atoms with E-state index in [2.05, 4.69) is 54.6 Å². The molecule has 0 amide bonds. The number of nitrogens with one attached hydrogen (secondary N) is 1. The minimum absolute atomic E-state index is 0.331. The maximum absolute atomic E-state index is 6.18. The minimum Gasteiger partial charge on any atom is -0.376 e. The van der Waals surface area contributed by atoms with Crippen LogP contribution in [0.4, 0.5) is 11.4 Å². The first-order chi connectivity index (χ1) is 10.1. The second kappa shape index (κ2) is 6.20. The van der Waals surface area contributed by atoms with Crippen LogP contribution in [0.25, 0.3) is 0 Å². The number of anilines is 2.